The van der Waals surface area contributed by atoms with E-state index in [1.165, 1.54) is 0 Å². The summed E-state index contributed by atoms with van der Waals surface area (Å²) in [6.07, 6.45) is 2.20. The van der Waals surface area contributed by atoms with Gasteiger partial charge in [0.05, 0.1) is 17.6 Å². The topological polar surface area (TPSA) is 62.1 Å². The molecule has 1 aliphatic heterocycles. The van der Waals surface area contributed by atoms with E-state index in [-0.39, 0.29) is 11.7 Å². The first kappa shape index (κ1) is 19.3. The van der Waals surface area contributed by atoms with Crippen LogP contribution in [0.3, 0.4) is 0 Å². The molecule has 1 aliphatic carbocycles. The van der Waals surface area contributed by atoms with Crippen LogP contribution in [-0.4, -0.2) is 5.78 Å². The molecule has 2 aromatic carbocycles. The van der Waals surface area contributed by atoms with E-state index < -0.39 is 0 Å². The molecule has 0 radical (unpaired) electrons. The first-order valence-electron chi connectivity index (χ1n) is 9.68. The van der Waals surface area contributed by atoms with Crippen molar-refractivity contribution in [2.45, 2.75) is 38.7 Å². The lowest BCUT2D eigenvalue weighted by atomic mass is 9.75. The molecule has 4 nitrogen and oxygen atoms in total. The highest BCUT2D eigenvalue weighted by Crippen LogP contribution is 2.42. The normalized spacial score (nSPS) is 18.8. The highest BCUT2D eigenvalue weighted by molar-refractivity contribution is 6.30. The number of carbonyl (C=O) groups is 1. The molecule has 0 saturated heterocycles. The zero-order valence-corrected chi connectivity index (χ0v) is 16.9. The summed E-state index contributed by atoms with van der Waals surface area (Å²) in [5.74, 6) is 0.467. The van der Waals surface area contributed by atoms with Crippen molar-refractivity contribution in [2.24, 2.45) is 0 Å². The number of carbonyl (C=O) groups excluding carboxylic acids is 1. The summed E-state index contributed by atoms with van der Waals surface area (Å²) >= 11 is 6.04. The van der Waals surface area contributed by atoms with Crippen molar-refractivity contribution in [1.29, 1.82) is 5.26 Å². The van der Waals surface area contributed by atoms with Gasteiger partial charge in [0.1, 0.15) is 12.4 Å². The average Bonchev–Trinajstić information content (AvgIpc) is 2.72. The van der Waals surface area contributed by atoms with Gasteiger partial charge in [-0.2, -0.15) is 5.26 Å². The van der Waals surface area contributed by atoms with Gasteiger partial charge in [-0.3, -0.25) is 4.79 Å². The van der Waals surface area contributed by atoms with E-state index in [1.54, 1.807) is 0 Å². The third-order valence-electron chi connectivity index (χ3n) is 5.38. The van der Waals surface area contributed by atoms with Gasteiger partial charge >= 0.3 is 0 Å². The van der Waals surface area contributed by atoms with Crippen LogP contribution in [0.4, 0.5) is 0 Å². The summed E-state index contributed by atoms with van der Waals surface area (Å²) in [5.41, 5.74) is 4.96. The van der Waals surface area contributed by atoms with E-state index in [4.69, 9.17) is 16.3 Å². The molecule has 1 heterocycles. The lowest BCUT2D eigenvalue weighted by Crippen LogP contribution is -2.31. The zero-order chi connectivity index (χ0) is 20.4. The minimum absolute atomic E-state index is 0.120. The number of ketones is 1. The van der Waals surface area contributed by atoms with Crippen LogP contribution < -0.4 is 10.1 Å². The molecule has 0 saturated carbocycles. The number of nitrogens with zero attached hydrogens (tertiary/aromatic N) is 1. The van der Waals surface area contributed by atoms with Gasteiger partial charge in [-0.05, 0) is 55.2 Å². The molecular weight excluding hydrogens is 384 g/mol. The van der Waals surface area contributed by atoms with Crippen molar-refractivity contribution in [3.8, 4) is 11.8 Å². The number of hydrogen-bond acceptors (Lipinski definition) is 4. The van der Waals surface area contributed by atoms with Gasteiger partial charge in [0, 0.05) is 28.4 Å². The standard InChI is InChI=1S/C24H21ClN2O2/c1-15-20(13-26)23(24-21(27-15)9-4-10-22(24)28)17-6-3-8-19(12-17)29-14-16-5-2-7-18(25)11-16/h2-3,5-8,11-12,23,27H,4,9-10,14H2,1H3. The Morgan fingerprint density at radius 1 is 1.21 bits per heavy atom. The Kier molecular flexibility index (Phi) is 5.42. The molecule has 0 aromatic heterocycles. The highest BCUT2D eigenvalue weighted by Gasteiger charge is 2.35. The smallest absolute Gasteiger partial charge is 0.161 e. The number of Topliss-reactive ketones (excluding diaryl/α,β-unsaturated/α-hetero) is 1. The number of rotatable bonds is 4. The van der Waals surface area contributed by atoms with E-state index in [0.717, 1.165) is 40.9 Å². The molecular formula is C24H21ClN2O2. The summed E-state index contributed by atoms with van der Waals surface area (Å²) in [7, 11) is 0. The summed E-state index contributed by atoms with van der Waals surface area (Å²) < 4.78 is 5.96. The van der Waals surface area contributed by atoms with Gasteiger partial charge in [0.2, 0.25) is 0 Å². The summed E-state index contributed by atoms with van der Waals surface area (Å²) in [5, 5.41) is 13.8. The van der Waals surface area contributed by atoms with Crippen molar-refractivity contribution < 1.29 is 9.53 Å². The molecule has 2 aliphatic rings. The lowest BCUT2D eigenvalue weighted by molar-refractivity contribution is -0.116. The number of nitrogens with one attached hydrogen (secondary N) is 1. The number of hydrogen-bond donors (Lipinski definition) is 1. The molecule has 0 fully saturated rings. The Morgan fingerprint density at radius 2 is 2.03 bits per heavy atom. The van der Waals surface area contributed by atoms with E-state index in [0.29, 0.717) is 29.4 Å². The van der Waals surface area contributed by atoms with Gasteiger partial charge in [0.15, 0.2) is 5.78 Å². The Morgan fingerprint density at radius 3 is 2.83 bits per heavy atom. The Hall–Kier alpha value is -3.03. The molecule has 5 heteroatoms. The van der Waals surface area contributed by atoms with Crippen LogP contribution >= 0.6 is 11.6 Å². The first-order chi connectivity index (χ1) is 14.1. The maximum atomic E-state index is 12.7. The van der Waals surface area contributed by atoms with Gasteiger partial charge in [-0.15, -0.1) is 0 Å². The quantitative estimate of drug-likeness (QED) is 0.739. The Labute approximate surface area is 175 Å². The fourth-order valence-corrected chi connectivity index (χ4v) is 4.25. The van der Waals surface area contributed by atoms with Crippen LogP contribution in [0.2, 0.25) is 5.02 Å². The van der Waals surface area contributed by atoms with Crippen LogP contribution in [0.15, 0.2) is 71.1 Å². The van der Waals surface area contributed by atoms with Gasteiger partial charge in [-0.1, -0.05) is 35.9 Å². The number of dihydropyridines is 1. The van der Waals surface area contributed by atoms with Gasteiger partial charge in [-0.25, -0.2) is 0 Å². The minimum atomic E-state index is -0.348. The predicted octanol–water partition coefficient (Wildman–Crippen LogP) is 5.41. The summed E-state index contributed by atoms with van der Waals surface area (Å²) in [4.78, 5) is 12.7. The first-order valence-corrected chi connectivity index (χ1v) is 10.1. The van der Waals surface area contributed by atoms with Crippen molar-refractivity contribution in [1.82, 2.24) is 5.32 Å². The van der Waals surface area contributed by atoms with Crippen LogP contribution in [0.5, 0.6) is 5.75 Å². The van der Waals surface area contributed by atoms with Crippen molar-refractivity contribution >= 4 is 17.4 Å². The monoisotopic (exact) mass is 404 g/mol. The maximum absolute atomic E-state index is 12.7. The van der Waals surface area contributed by atoms with Gasteiger partial charge < -0.3 is 10.1 Å². The van der Waals surface area contributed by atoms with Crippen molar-refractivity contribution in [2.75, 3.05) is 0 Å². The Bertz CT molecular complexity index is 1080. The van der Waals surface area contributed by atoms with Crippen molar-refractivity contribution in [3.63, 3.8) is 0 Å². The molecule has 1 N–H and O–H groups in total. The molecule has 2 aromatic rings. The number of ether oxygens (including phenoxy) is 1. The maximum Gasteiger partial charge on any atom is 0.161 e. The molecule has 0 amide bonds. The number of benzene rings is 2. The number of nitriles is 1. The second-order valence-corrected chi connectivity index (χ2v) is 7.80. The fourth-order valence-electron chi connectivity index (χ4n) is 4.04. The fraction of sp³-hybridized carbons (Fsp3) is 0.250. The molecule has 29 heavy (non-hydrogen) atoms. The molecule has 1 unspecified atom stereocenters. The summed E-state index contributed by atoms with van der Waals surface area (Å²) in [6.45, 7) is 2.29. The van der Waals surface area contributed by atoms with E-state index in [9.17, 15) is 10.1 Å². The highest BCUT2D eigenvalue weighted by atomic mass is 35.5. The van der Waals surface area contributed by atoms with Crippen LogP contribution in [0.1, 0.15) is 43.2 Å². The van der Waals surface area contributed by atoms with Crippen LogP contribution in [0.25, 0.3) is 0 Å². The van der Waals surface area contributed by atoms with Gasteiger partial charge in [0.25, 0.3) is 0 Å². The summed E-state index contributed by atoms with van der Waals surface area (Å²) in [6, 6.07) is 17.5. The van der Waals surface area contributed by atoms with E-state index in [1.807, 2.05) is 55.5 Å². The minimum Gasteiger partial charge on any atom is -0.489 e. The molecule has 0 bridgehead atoms. The van der Waals surface area contributed by atoms with E-state index >= 15 is 0 Å². The number of allylic oxidation sites excluding steroid dienone is 4. The molecule has 4 rings (SSSR count). The molecule has 0 spiro atoms. The third kappa shape index (κ3) is 3.92. The SMILES string of the molecule is CC1=C(C#N)C(c2cccc(OCc3cccc(Cl)c3)c2)C2=C(CCCC2=O)N1. The second kappa shape index (κ2) is 8.14. The zero-order valence-electron chi connectivity index (χ0n) is 16.2. The number of halogens is 1. The van der Waals surface area contributed by atoms with Crippen molar-refractivity contribution in [3.05, 3.63) is 87.2 Å². The van der Waals surface area contributed by atoms with E-state index in [2.05, 4.69) is 11.4 Å². The predicted molar refractivity (Wildman–Crippen MR) is 112 cm³/mol. The molecule has 1 atom stereocenters. The third-order valence-corrected chi connectivity index (χ3v) is 5.62. The molecule has 146 valence electrons. The largest absolute Gasteiger partial charge is 0.489 e. The van der Waals surface area contributed by atoms with Crippen LogP contribution in [-0.2, 0) is 11.4 Å². The van der Waals surface area contributed by atoms with Crippen LogP contribution in [0, 0.1) is 11.3 Å². The average molecular weight is 405 g/mol. The second-order valence-electron chi connectivity index (χ2n) is 7.37. The Balaban J connectivity index is 1.66. The lowest BCUT2D eigenvalue weighted by Gasteiger charge is -2.32.